The molecule has 1 aromatic heterocycles. The Kier molecular flexibility index (Phi) is 5.64. The highest BCUT2D eigenvalue weighted by Crippen LogP contribution is 2.23. The van der Waals surface area contributed by atoms with Gasteiger partial charge in [0.05, 0.1) is 5.75 Å². The number of amides is 1. The van der Waals surface area contributed by atoms with Gasteiger partial charge in [-0.3, -0.25) is 9.36 Å². The maximum Gasteiger partial charge on any atom is 0.234 e. The van der Waals surface area contributed by atoms with Crippen LogP contribution in [-0.4, -0.2) is 26.4 Å². The first kappa shape index (κ1) is 18.5. The highest BCUT2D eigenvalue weighted by molar-refractivity contribution is 7.99. The molecule has 0 saturated heterocycles. The summed E-state index contributed by atoms with van der Waals surface area (Å²) in [6, 6.07) is 13.4. The van der Waals surface area contributed by atoms with E-state index < -0.39 is 0 Å². The molecule has 0 aliphatic heterocycles. The minimum absolute atomic E-state index is 0.0785. The normalized spacial score (nSPS) is 10.8. The fourth-order valence-electron chi connectivity index (χ4n) is 2.59. The molecule has 0 saturated carbocycles. The van der Waals surface area contributed by atoms with Crippen LogP contribution in [0.1, 0.15) is 17.0 Å². The third-order valence-electron chi connectivity index (χ3n) is 3.87. The van der Waals surface area contributed by atoms with Crippen LogP contribution in [0.25, 0.3) is 5.69 Å². The summed E-state index contributed by atoms with van der Waals surface area (Å²) in [5.41, 5.74) is 3.95. The van der Waals surface area contributed by atoms with Crippen molar-refractivity contribution >= 4 is 35.0 Å². The van der Waals surface area contributed by atoms with E-state index in [-0.39, 0.29) is 11.7 Å². The maximum atomic E-state index is 12.3. The summed E-state index contributed by atoms with van der Waals surface area (Å²) in [6.07, 6.45) is 0. The SMILES string of the molecule is Cc1ccc(NC(=O)CSc2nnc(C)n2-c2ccc(Cl)cc2)c(C)c1. The molecule has 5 nitrogen and oxygen atoms in total. The fourth-order valence-corrected chi connectivity index (χ4v) is 3.52. The number of rotatable bonds is 5. The predicted octanol–water partition coefficient (Wildman–Crippen LogP) is 4.58. The highest BCUT2D eigenvalue weighted by atomic mass is 35.5. The van der Waals surface area contributed by atoms with Gasteiger partial charge >= 0.3 is 0 Å². The fraction of sp³-hybridized carbons (Fsp3) is 0.211. The van der Waals surface area contributed by atoms with Crippen LogP contribution < -0.4 is 5.32 Å². The summed E-state index contributed by atoms with van der Waals surface area (Å²) < 4.78 is 1.91. The van der Waals surface area contributed by atoms with Crippen molar-refractivity contribution < 1.29 is 4.79 Å². The lowest BCUT2D eigenvalue weighted by molar-refractivity contribution is -0.113. The van der Waals surface area contributed by atoms with Gasteiger partial charge in [0.2, 0.25) is 5.91 Å². The second-order valence-electron chi connectivity index (χ2n) is 6.00. The van der Waals surface area contributed by atoms with E-state index in [4.69, 9.17) is 11.6 Å². The average Bonchev–Trinajstić information content (AvgIpc) is 2.97. The van der Waals surface area contributed by atoms with Crippen LogP contribution in [0.15, 0.2) is 47.6 Å². The van der Waals surface area contributed by atoms with Crippen molar-refractivity contribution in [2.75, 3.05) is 11.1 Å². The number of anilines is 1. The van der Waals surface area contributed by atoms with Gasteiger partial charge in [-0.1, -0.05) is 41.1 Å². The number of aromatic nitrogens is 3. The summed E-state index contributed by atoms with van der Waals surface area (Å²) in [5, 5.41) is 12.6. The monoisotopic (exact) mass is 386 g/mol. The van der Waals surface area contributed by atoms with Crippen LogP contribution in [-0.2, 0) is 4.79 Å². The summed E-state index contributed by atoms with van der Waals surface area (Å²) in [7, 11) is 0. The van der Waals surface area contributed by atoms with Crippen molar-refractivity contribution in [1.82, 2.24) is 14.8 Å². The molecular formula is C19H19ClN4OS. The van der Waals surface area contributed by atoms with Crippen LogP contribution in [0.2, 0.25) is 5.02 Å². The van der Waals surface area contributed by atoms with Gasteiger partial charge in [0.1, 0.15) is 5.82 Å². The second-order valence-corrected chi connectivity index (χ2v) is 7.38. The molecule has 3 rings (SSSR count). The van der Waals surface area contributed by atoms with Crippen LogP contribution in [0.5, 0.6) is 0 Å². The van der Waals surface area contributed by atoms with E-state index in [9.17, 15) is 4.79 Å². The second kappa shape index (κ2) is 7.93. The van der Waals surface area contributed by atoms with Crippen molar-refractivity contribution in [3.05, 3.63) is 64.4 Å². The van der Waals surface area contributed by atoms with E-state index in [1.165, 1.54) is 17.3 Å². The Morgan fingerprint density at radius 1 is 1.12 bits per heavy atom. The topological polar surface area (TPSA) is 59.8 Å². The van der Waals surface area contributed by atoms with Crippen molar-refractivity contribution in [3.8, 4) is 5.69 Å². The molecule has 1 N–H and O–H groups in total. The zero-order valence-electron chi connectivity index (χ0n) is 14.8. The number of carbonyl (C=O) groups excluding carboxylic acids is 1. The van der Waals surface area contributed by atoms with Crippen molar-refractivity contribution in [1.29, 1.82) is 0 Å². The smallest absolute Gasteiger partial charge is 0.234 e. The summed E-state index contributed by atoms with van der Waals surface area (Å²) in [6.45, 7) is 5.89. The zero-order valence-corrected chi connectivity index (χ0v) is 16.4. The van der Waals surface area contributed by atoms with Gasteiger partial charge in [-0.25, -0.2) is 0 Å². The van der Waals surface area contributed by atoms with E-state index in [1.807, 2.05) is 67.8 Å². The van der Waals surface area contributed by atoms with E-state index >= 15 is 0 Å². The quantitative estimate of drug-likeness (QED) is 0.652. The van der Waals surface area contributed by atoms with Crippen molar-refractivity contribution in [2.24, 2.45) is 0 Å². The van der Waals surface area contributed by atoms with E-state index in [0.29, 0.717) is 10.2 Å². The van der Waals surface area contributed by atoms with E-state index in [2.05, 4.69) is 15.5 Å². The molecule has 0 fully saturated rings. The number of aryl methyl sites for hydroxylation is 3. The van der Waals surface area contributed by atoms with Crippen molar-refractivity contribution in [3.63, 3.8) is 0 Å². The number of benzene rings is 2. The number of carbonyl (C=O) groups is 1. The first-order valence-electron chi connectivity index (χ1n) is 8.12. The third kappa shape index (κ3) is 4.26. The molecule has 3 aromatic rings. The van der Waals surface area contributed by atoms with Crippen LogP contribution in [0, 0.1) is 20.8 Å². The number of halogens is 1. The van der Waals surface area contributed by atoms with Gasteiger partial charge < -0.3 is 5.32 Å². The maximum absolute atomic E-state index is 12.3. The molecule has 0 radical (unpaired) electrons. The minimum atomic E-state index is -0.0785. The lowest BCUT2D eigenvalue weighted by Crippen LogP contribution is -2.15. The molecule has 0 bridgehead atoms. The van der Waals surface area contributed by atoms with E-state index in [1.54, 1.807) is 0 Å². The van der Waals surface area contributed by atoms with Crippen LogP contribution >= 0.6 is 23.4 Å². The molecule has 1 heterocycles. The highest BCUT2D eigenvalue weighted by Gasteiger charge is 2.14. The lowest BCUT2D eigenvalue weighted by Gasteiger charge is -2.10. The predicted molar refractivity (Wildman–Crippen MR) is 106 cm³/mol. The van der Waals surface area contributed by atoms with Gasteiger partial charge in [0.25, 0.3) is 0 Å². The molecule has 7 heteroatoms. The van der Waals surface area contributed by atoms with Crippen LogP contribution in [0.4, 0.5) is 5.69 Å². The van der Waals surface area contributed by atoms with Crippen LogP contribution in [0.3, 0.4) is 0 Å². The van der Waals surface area contributed by atoms with Gasteiger partial charge in [-0.15, -0.1) is 10.2 Å². The first-order valence-corrected chi connectivity index (χ1v) is 9.48. The standard InChI is InChI=1S/C19H19ClN4OS/c1-12-4-9-17(13(2)10-12)21-18(25)11-26-19-23-22-14(3)24(19)16-7-5-15(20)6-8-16/h4-10H,11H2,1-3H3,(H,21,25). The largest absolute Gasteiger partial charge is 0.325 e. The summed E-state index contributed by atoms with van der Waals surface area (Å²) in [5.74, 6) is 0.925. The first-order chi connectivity index (χ1) is 12.4. The molecular weight excluding hydrogens is 368 g/mol. The Morgan fingerprint density at radius 3 is 2.54 bits per heavy atom. The third-order valence-corrected chi connectivity index (χ3v) is 5.05. The Bertz CT molecular complexity index is 937. The Labute approximate surface area is 161 Å². The molecule has 0 spiro atoms. The zero-order chi connectivity index (χ0) is 18.7. The molecule has 134 valence electrons. The van der Waals surface area contributed by atoms with Crippen molar-refractivity contribution in [2.45, 2.75) is 25.9 Å². The Hall–Kier alpha value is -2.31. The number of nitrogens with one attached hydrogen (secondary N) is 1. The molecule has 0 aliphatic carbocycles. The molecule has 0 atom stereocenters. The molecule has 1 amide bonds. The number of thioether (sulfide) groups is 1. The van der Waals surface area contributed by atoms with E-state index in [0.717, 1.165) is 22.8 Å². The molecule has 0 aliphatic rings. The van der Waals surface area contributed by atoms with Gasteiger partial charge in [-0.2, -0.15) is 0 Å². The average molecular weight is 387 g/mol. The lowest BCUT2D eigenvalue weighted by atomic mass is 10.1. The number of hydrogen-bond donors (Lipinski definition) is 1. The minimum Gasteiger partial charge on any atom is -0.325 e. The van der Waals surface area contributed by atoms with Gasteiger partial charge in [0, 0.05) is 16.4 Å². The molecule has 2 aromatic carbocycles. The molecule has 26 heavy (non-hydrogen) atoms. The number of nitrogens with zero attached hydrogens (tertiary/aromatic N) is 3. The Balaban J connectivity index is 1.70. The molecule has 0 unspecified atom stereocenters. The summed E-state index contributed by atoms with van der Waals surface area (Å²) in [4.78, 5) is 12.3. The number of hydrogen-bond acceptors (Lipinski definition) is 4. The summed E-state index contributed by atoms with van der Waals surface area (Å²) >= 11 is 7.30. The van der Waals surface area contributed by atoms with Gasteiger partial charge in [-0.05, 0) is 56.7 Å². The van der Waals surface area contributed by atoms with Gasteiger partial charge in [0.15, 0.2) is 5.16 Å². The Morgan fingerprint density at radius 2 is 1.85 bits per heavy atom.